The van der Waals surface area contributed by atoms with Gasteiger partial charge in [0.2, 0.25) is 0 Å². The molecule has 11 heavy (non-hydrogen) atoms. The van der Waals surface area contributed by atoms with Crippen LogP contribution in [-0.4, -0.2) is 19.4 Å². The van der Waals surface area contributed by atoms with E-state index in [9.17, 15) is 8.42 Å². The standard InChI is InChI=1S/C5H7NO4S/c1-11(7,8)10-9-6-4-2-3-5-6/h2-5H,1H3. The minimum Gasteiger partial charge on any atom is -0.223 e. The smallest absolute Gasteiger partial charge is 0.223 e. The molecule has 1 aromatic rings. The molecule has 0 aliphatic rings. The summed E-state index contributed by atoms with van der Waals surface area (Å²) in [4.78, 5) is 4.34. The van der Waals surface area contributed by atoms with E-state index in [0.29, 0.717) is 0 Å². The van der Waals surface area contributed by atoms with Crippen LogP contribution < -0.4 is 4.99 Å². The Kier molecular flexibility index (Phi) is 2.16. The van der Waals surface area contributed by atoms with Gasteiger partial charge in [-0.3, -0.25) is 0 Å². The van der Waals surface area contributed by atoms with Gasteiger partial charge in [0.15, 0.2) is 0 Å². The van der Waals surface area contributed by atoms with E-state index in [1.165, 1.54) is 12.4 Å². The van der Waals surface area contributed by atoms with Crippen molar-refractivity contribution < 1.29 is 17.7 Å². The van der Waals surface area contributed by atoms with Crippen molar-refractivity contribution in [3.05, 3.63) is 24.5 Å². The number of rotatable bonds is 3. The Balaban J connectivity index is 2.48. The van der Waals surface area contributed by atoms with Crippen LogP contribution in [0.4, 0.5) is 0 Å². The maximum Gasteiger partial charge on any atom is 0.302 e. The van der Waals surface area contributed by atoms with Crippen molar-refractivity contribution >= 4 is 10.1 Å². The minimum atomic E-state index is -3.54. The quantitative estimate of drug-likeness (QED) is 0.474. The Hall–Kier alpha value is -1.01. The second kappa shape index (κ2) is 2.93. The predicted molar refractivity (Wildman–Crippen MR) is 36.9 cm³/mol. The number of nitrogens with zero attached hydrogens (tertiary/aromatic N) is 1. The molecule has 0 unspecified atom stereocenters. The molecule has 0 saturated heterocycles. The van der Waals surface area contributed by atoms with Crippen LogP contribution in [0.3, 0.4) is 0 Å². The molecule has 0 fully saturated rings. The van der Waals surface area contributed by atoms with Crippen LogP contribution >= 0.6 is 0 Å². The van der Waals surface area contributed by atoms with Crippen LogP contribution in [0, 0.1) is 0 Å². The first-order valence-electron chi connectivity index (χ1n) is 2.77. The molecule has 5 nitrogen and oxygen atoms in total. The molecule has 1 rings (SSSR count). The second-order valence-electron chi connectivity index (χ2n) is 1.89. The van der Waals surface area contributed by atoms with Gasteiger partial charge in [0, 0.05) is 12.4 Å². The van der Waals surface area contributed by atoms with Crippen molar-refractivity contribution in [2.45, 2.75) is 0 Å². The third kappa shape index (κ3) is 3.06. The molecule has 0 N–H and O–H groups in total. The van der Waals surface area contributed by atoms with Crippen LogP contribution in [0.2, 0.25) is 0 Å². The highest BCUT2D eigenvalue weighted by Gasteiger charge is 2.02. The summed E-state index contributed by atoms with van der Waals surface area (Å²) in [6.45, 7) is 0. The van der Waals surface area contributed by atoms with Gasteiger partial charge in [0.05, 0.1) is 6.26 Å². The SMILES string of the molecule is CS(=O)(=O)OOn1cccc1. The highest BCUT2D eigenvalue weighted by atomic mass is 32.2. The molecule has 0 spiro atoms. The zero-order valence-corrected chi connectivity index (χ0v) is 6.61. The zero-order valence-electron chi connectivity index (χ0n) is 5.80. The molecule has 62 valence electrons. The van der Waals surface area contributed by atoms with E-state index in [2.05, 4.69) is 9.32 Å². The van der Waals surface area contributed by atoms with Gasteiger partial charge >= 0.3 is 10.1 Å². The first kappa shape index (κ1) is 8.09. The van der Waals surface area contributed by atoms with E-state index in [1.807, 2.05) is 0 Å². The Morgan fingerprint density at radius 3 is 2.27 bits per heavy atom. The topological polar surface area (TPSA) is 57.5 Å². The fourth-order valence-corrected chi connectivity index (χ4v) is 0.640. The van der Waals surface area contributed by atoms with Crippen molar-refractivity contribution in [3.63, 3.8) is 0 Å². The molecule has 0 radical (unpaired) electrons. The number of aromatic nitrogens is 1. The van der Waals surface area contributed by atoms with Crippen LogP contribution in [0.15, 0.2) is 24.5 Å². The van der Waals surface area contributed by atoms with Gasteiger partial charge in [-0.1, -0.05) is 0 Å². The molecular weight excluding hydrogens is 170 g/mol. The van der Waals surface area contributed by atoms with Gasteiger partial charge in [-0.2, -0.15) is 13.1 Å². The van der Waals surface area contributed by atoms with Crippen molar-refractivity contribution in [2.75, 3.05) is 6.26 Å². The van der Waals surface area contributed by atoms with E-state index >= 15 is 0 Å². The Bertz CT molecular complexity index is 301. The van der Waals surface area contributed by atoms with Crippen LogP contribution in [0.1, 0.15) is 0 Å². The molecule has 0 aromatic carbocycles. The van der Waals surface area contributed by atoms with Gasteiger partial charge in [-0.05, 0) is 16.5 Å². The summed E-state index contributed by atoms with van der Waals surface area (Å²) in [6, 6.07) is 3.34. The highest BCUT2D eigenvalue weighted by Crippen LogP contribution is 1.89. The Morgan fingerprint density at radius 1 is 1.27 bits per heavy atom. The van der Waals surface area contributed by atoms with Gasteiger partial charge in [-0.25, -0.2) is 4.99 Å². The van der Waals surface area contributed by atoms with Crippen molar-refractivity contribution in [1.82, 2.24) is 4.73 Å². The normalized spacial score (nSPS) is 11.4. The lowest BCUT2D eigenvalue weighted by Gasteiger charge is -1.99. The molecule has 0 atom stereocenters. The fraction of sp³-hybridized carbons (Fsp3) is 0.200. The minimum absolute atomic E-state index is 0.899. The molecule has 1 aromatic heterocycles. The molecule has 0 amide bonds. The predicted octanol–water partition coefficient (Wildman–Crippen LogP) is -0.192. The number of hydrogen-bond acceptors (Lipinski definition) is 4. The molecule has 0 bridgehead atoms. The third-order valence-corrected chi connectivity index (χ3v) is 1.13. The average Bonchev–Trinajstić information content (AvgIpc) is 2.32. The van der Waals surface area contributed by atoms with Crippen molar-refractivity contribution in [2.24, 2.45) is 0 Å². The van der Waals surface area contributed by atoms with Gasteiger partial charge in [0.1, 0.15) is 0 Å². The number of hydrogen-bond donors (Lipinski definition) is 0. The van der Waals surface area contributed by atoms with E-state index in [0.717, 1.165) is 11.0 Å². The van der Waals surface area contributed by atoms with Gasteiger partial charge in [0.25, 0.3) is 0 Å². The third-order valence-electron chi connectivity index (χ3n) is 0.817. The molecule has 0 aliphatic heterocycles. The molecule has 0 aliphatic carbocycles. The summed E-state index contributed by atoms with van der Waals surface area (Å²) in [6.07, 6.45) is 3.91. The summed E-state index contributed by atoms with van der Waals surface area (Å²) in [7, 11) is -3.54. The largest absolute Gasteiger partial charge is 0.302 e. The molecular formula is C5H7NO4S. The lowest BCUT2D eigenvalue weighted by Crippen LogP contribution is -2.14. The summed E-state index contributed by atoms with van der Waals surface area (Å²) < 4.78 is 25.9. The average molecular weight is 177 g/mol. The second-order valence-corrected chi connectivity index (χ2v) is 3.43. The summed E-state index contributed by atoms with van der Waals surface area (Å²) in [5.74, 6) is 0. The maximum atomic E-state index is 10.4. The molecule has 6 heteroatoms. The lowest BCUT2D eigenvalue weighted by atomic mass is 10.7. The Morgan fingerprint density at radius 2 is 1.82 bits per heavy atom. The van der Waals surface area contributed by atoms with E-state index < -0.39 is 10.1 Å². The van der Waals surface area contributed by atoms with Gasteiger partial charge < -0.3 is 0 Å². The Labute approximate surface area is 64.2 Å². The van der Waals surface area contributed by atoms with E-state index in [1.54, 1.807) is 12.1 Å². The van der Waals surface area contributed by atoms with Crippen LogP contribution in [0.5, 0.6) is 0 Å². The zero-order chi connectivity index (χ0) is 8.32. The van der Waals surface area contributed by atoms with Crippen LogP contribution in [0.25, 0.3) is 0 Å². The summed E-state index contributed by atoms with van der Waals surface area (Å²) in [5, 5.41) is 0. The first-order valence-corrected chi connectivity index (χ1v) is 4.59. The maximum absolute atomic E-state index is 10.4. The lowest BCUT2D eigenvalue weighted by molar-refractivity contribution is -0.202. The summed E-state index contributed by atoms with van der Waals surface area (Å²) in [5.41, 5.74) is 0. The van der Waals surface area contributed by atoms with E-state index in [-0.39, 0.29) is 0 Å². The molecule has 1 heterocycles. The molecule has 0 saturated carbocycles. The van der Waals surface area contributed by atoms with E-state index in [4.69, 9.17) is 0 Å². The first-order chi connectivity index (χ1) is 5.08. The van der Waals surface area contributed by atoms with Crippen molar-refractivity contribution in [1.29, 1.82) is 0 Å². The summed E-state index contributed by atoms with van der Waals surface area (Å²) >= 11 is 0. The monoisotopic (exact) mass is 177 g/mol. The van der Waals surface area contributed by atoms with Crippen LogP contribution in [-0.2, 0) is 14.5 Å². The highest BCUT2D eigenvalue weighted by molar-refractivity contribution is 7.85. The van der Waals surface area contributed by atoms with Gasteiger partial charge in [-0.15, -0.1) is 0 Å². The van der Waals surface area contributed by atoms with Crippen molar-refractivity contribution in [3.8, 4) is 0 Å². The fourth-order valence-electron chi connectivity index (χ4n) is 0.459.